The summed E-state index contributed by atoms with van der Waals surface area (Å²) in [6.07, 6.45) is 0.259. The van der Waals surface area contributed by atoms with E-state index in [9.17, 15) is 15.0 Å². The fourth-order valence-electron chi connectivity index (χ4n) is 2.00. The van der Waals surface area contributed by atoms with Crippen LogP contribution in [0.25, 0.3) is 0 Å². The van der Waals surface area contributed by atoms with Crippen molar-refractivity contribution in [1.82, 2.24) is 5.32 Å². The molecule has 5 heteroatoms. The molecule has 20 heavy (non-hydrogen) atoms. The second-order valence-electron chi connectivity index (χ2n) is 4.89. The smallest absolute Gasteiger partial charge is 0.303 e. The molecule has 5 nitrogen and oxygen atoms in total. The molecule has 0 aliphatic carbocycles. The van der Waals surface area contributed by atoms with E-state index >= 15 is 0 Å². The molecule has 2 atom stereocenters. The Morgan fingerprint density at radius 1 is 1.25 bits per heavy atom. The van der Waals surface area contributed by atoms with Crippen LogP contribution in [0.1, 0.15) is 36.5 Å². The van der Waals surface area contributed by atoms with Crippen LogP contribution in [0, 0.1) is 0 Å². The van der Waals surface area contributed by atoms with Gasteiger partial charge in [0, 0.05) is 6.42 Å². The summed E-state index contributed by atoms with van der Waals surface area (Å²) < 4.78 is 0. The lowest BCUT2D eigenvalue weighted by atomic mass is 9.99. The Bertz CT molecular complexity index is 405. The largest absolute Gasteiger partial charge is 0.481 e. The number of carboxylic acids is 1. The zero-order chi connectivity index (χ0) is 15.0. The molecule has 112 valence electrons. The molecule has 1 aromatic carbocycles. The molecule has 0 aliphatic rings. The number of hydrogen-bond donors (Lipinski definition) is 4. The number of benzene rings is 1. The molecule has 0 amide bonds. The third kappa shape index (κ3) is 5.69. The molecule has 4 N–H and O–H groups in total. The lowest BCUT2D eigenvalue weighted by molar-refractivity contribution is -0.137. The number of aliphatic carboxylic acids is 1. The highest BCUT2D eigenvalue weighted by Gasteiger charge is 2.17. The summed E-state index contributed by atoms with van der Waals surface area (Å²) >= 11 is 0. The monoisotopic (exact) mass is 281 g/mol. The topological polar surface area (TPSA) is 89.8 Å². The van der Waals surface area contributed by atoms with Crippen LogP contribution in [0.2, 0.25) is 0 Å². The molecule has 1 aromatic rings. The molecule has 0 aliphatic heterocycles. The minimum Gasteiger partial charge on any atom is -0.481 e. The second-order valence-corrected chi connectivity index (χ2v) is 4.89. The fraction of sp³-hybridized carbons (Fsp3) is 0.533. The molecule has 2 unspecified atom stereocenters. The minimum absolute atomic E-state index is 0.160. The highest BCUT2D eigenvalue weighted by atomic mass is 16.4. The summed E-state index contributed by atoms with van der Waals surface area (Å²) in [7, 11) is 1.80. The van der Waals surface area contributed by atoms with Gasteiger partial charge in [-0.3, -0.25) is 4.79 Å². The SMILES string of the molecule is CNCCC(O)C(O)c1ccc(CCCC(=O)O)cc1. The maximum atomic E-state index is 10.4. The van der Waals surface area contributed by atoms with Crippen LogP contribution in [0.3, 0.4) is 0 Å². The van der Waals surface area contributed by atoms with Crippen LogP contribution in [0.15, 0.2) is 24.3 Å². The predicted molar refractivity (Wildman–Crippen MR) is 76.5 cm³/mol. The number of nitrogens with one attached hydrogen (secondary N) is 1. The molecular weight excluding hydrogens is 258 g/mol. The Morgan fingerprint density at radius 2 is 1.90 bits per heavy atom. The van der Waals surface area contributed by atoms with Crippen LogP contribution in [0.4, 0.5) is 0 Å². The van der Waals surface area contributed by atoms with Crippen LogP contribution in [-0.2, 0) is 11.2 Å². The number of carbonyl (C=O) groups is 1. The first kappa shape index (κ1) is 16.6. The van der Waals surface area contributed by atoms with Crippen LogP contribution in [0.5, 0.6) is 0 Å². The van der Waals surface area contributed by atoms with Crippen molar-refractivity contribution in [3.63, 3.8) is 0 Å². The van der Waals surface area contributed by atoms with Crippen molar-refractivity contribution in [1.29, 1.82) is 0 Å². The summed E-state index contributed by atoms with van der Waals surface area (Å²) in [4.78, 5) is 10.4. The first-order chi connectivity index (χ1) is 9.54. The zero-order valence-electron chi connectivity index (χ0n) is 11.7. The van der Waals surface area contributed by atoms with Crippen molar-refractivity contribution >= 4 is 5.97 Å². The van der Waals surface area contributed by atoms with Gasteiger partial charge in [0.05, 0.1) is 6.10 Å². The Labute approximate surface area is 119 Å². The molecule has 0 fully saturated rings. The van der Waals surface area contributed by atoms with Gasteiger partial charge in [0.25, 0.3) is 0 Å². The van der Waals surface area contributed by atoms with E-state index in [1.54, 1.807) is 19.2 Å². The van der Waals surface area contributed by atoms with Gasteiger partial charge < -0.3 is 20.6 Å². The van der Waals surface area contributed by atoms with Crippen molar-refractivity contribution in [2.75, 3.05) is 13.6 Å². The van der Waals surface area contributed by atoms with E-state index in [1.165, 1.54) is 0 Å². The van der Waals surface area contributed by atoms with Crippen molar-refractivity contribution < 1.29 is 20.1 Å². The summed E-state index contributed by atoms with van der Waals surface area (Å²) in [6.45, 7) is 0.644. The lowest BCUT2D eigenvalue weighted by Crippen LogP contribution is -2.23. The van der Waals surface area contributed by atoms with Crippen LogP contribution >= 0.6 is 0 Å². The van der Waals surface area contributed by atoms with Gasteiger partial charge in [-0.25, -0.2) is 0 Å². The molecule has 0 heterocycles. The first-order valence-corrected chi connectivity index (χ1v) is 6.86. The summed E-state index contributed by atoms with van der Waals surface area (Å²) in [6, 6.07) is 7.29. The summed E-state index contributed by atoms with van der Waals surface area (Å²) in [5.74, 6) is -0.787. The summed E-state index contributed by atoms with van der Waals surface area (Å²) in [5.41, 5.74) is 1.71. The van der Waals surface area contributed by atoms with Crippen molar-refractivity contribution in [2.24, 2.45) is 0 Å². The number of aliphatic hydroxyl groups is 2. The summed E-state index contributed by atoms with van der Waals surface area (Å²) in [5, 5.41) is 31.3. The second kappa shape index (κ2) is 8.68. The number of hydrogen-bond acceptors (Lipinski definition) is 4. The maximum Gasteiger partial charge on any atom is 0.303 e. The quantitative estimate of drug-likeness (QED) is 0.544. The third-order valence-electron chi connectivity index (χ3n) is 3.23. The van der Waals surface area contributed by atoms with Gasteiger partial charge in [-0.2, -0.15) is 0 Å². The minimum atomic E-state index is -0.892. The van der Waals surface area contributed by atoms with E-state index in [-0.39, 0.29) is 6.42 Å². The standard InChI is InChI=1S/C15H23NO4/c1-16-10-9-13(17)15(20)12-7-5-11(6-8-12)3-2-4-14(18)19/h5-8,13,15-17,20H,2-4,9-10H2,1H3,(H,18,19). The van der Waals surface area contributed by atoms with Gasteiger partial charge in [-0.05, 0) is 44.0 Å². The van der Waals surface area contributed by atoms with Crippen LogP contribution < -0.4 is 5.32 Å². The van der Waals surface area contributed by atoms with Crippen molar-refractivity contribution in [2.45, 2.75) is 37.9 Å². The van der Waals surface area contributed by atoms with Crippen LogP contribution in [-0.4, -0.2) is 41.0 Å². The van der Waals surface area contributed by atoms with E-state index in [2.05, 4.69) is 5.32 Å². The molecule has 0 spiro atoms. The van der Waals surface area contributed by atoms with Gasteiger partial charge in [-0.15, -0.1) is 0 Å². The van der Waals surface area contributed by atoms with E-state index in [4.69, 9.17) is 5.11 Å². The third-order valence-corrected chi connectivity index (χ3v) is 3.23. The highest BCUT2D eigenvalue weighted by molar-refractivity contribution is 5.66. The number of aliphatic hydroxyl groups excluding tert-OH is 2. The number of aryl methyl sites for hydroxylation is 1. The average molecular weight is 281 g/mol. The van der Waals surface area contributed by atoms with Gasteiger partial charge in [0.1, 0.15) is 6.10 Å². The predicted octanol–water partition coefficient (Wildman–Crippen LogP) is 1.10. The van der Waals surface area contributed by atoms with E-state index in [1.807, 2.05) is 12.1 Å². The van der Waals surface area contributed by atoms with E-state index in [0.717, 1.165) is 5.56 Å². The van der Waals surface area contributed by atoms with E-state index in [0.29, 0.717) is 31.4 Å². The van der Waals surface area contributed by atoms with Gasteiger partial charge in [-0.1, -0.05) is 24.3 Å². The maximum absolute atomic E-state index is 10.4. The Balaban J connectivity index is 2.50. The van der Waals surface area contributed by atoms with Gasteiger partial charge in [0.15, 0.2) is 0 Å². The fourth-order valence-corrected chi connectivity index (χ4v) is 2.00. The zero-order valence-corrected chi connectivity index (χ0v) is 11.7. The molecular formula is C15H23NO4. The Kier molecular flexibility index (Phi) is 7.22. The molecule has 0 bridgehead atoms. The molecule has 0 aromatic heterocycles. The van der Waals surface area contributed by atoms with Gasteiger partial charge in [0.2, 0.25) is 0 Å². The molecule has 0 saturated heterocycles. The van der Waals surface area contributed by atoms with Crippen molar-refractivity contribution in [3.05, 3.63) is 35.4 Å². The highest BCUT2D eigenvalue weighted by Crippen LogP contribution is 2.19. The van der Waals surface area contributed by atoms with Crippen molar-refractivity contribution in [3.8, 4) is 0 Å². The van der Waals surface area contributed by atoms with Gasteiger partial charge >= 0.3 is 5.97 Å². The Morgan fingerprint density at radius 3 is 2.45 bits per heavy atom. The van der Waals surface area contributed by atoms with E-state index < -0.39 is 18.2 Å². The average Bonchev–Trinajstić information content (AvgIpc) is 2.44. The lowest BCUT2D eigenvalue weighted by Gasteiger charge is -2.18. The first-order valence-electron chi connectivity index (χ1n) is 6.86. The number of rotatable bonds is 9. The number of carboxylic acid groups (broad SMARTS) is 1. The molecule has 0 saturated carbocycles. The Hall–Kier alpha value is -1.43. The normalized spacial score (nSPS) is 13.9. The molecule has 1 rings (SSSR count). The molecule has 0 radical (unpaired) electrons.